The zero-order chi connectivity index (χ0) is 23.8. The Labute approximate surface area is 187 Å². The summed E-state index contributed by atoms with van der Waals surface area (Å²) in [4.78, 5) is 26.3. The molecular formula is C21H28FN5O4S. The number of amides is 3. The van der Waals surface area contributed by atoms with E-state index in [1.165, 1.54) is 11.9 Å². The van der Waals surface area contributed by atoms with Gasteiger partial charge in [0.25, 0.3) is 15.9 Å². The molecule has 2 heterocycles. The highest BCUT2D eigenvalue weighted by Crippen LogP contribution is 2.32. The minimum atomic E-state index is -4.34. The molecule has 3 amide bonds. The lowest BCUT2D eigenvalue weighted by molar-refractivity contribution is 0.0390. The SMILES string of the molecule is CC(C)c1cccc(C(C)C)c1NC(=O)NS(=O)(=O)c1cc(C(=O)N2CC(F)C2)n(C)n1. The van der Waals surface area contributed by atoms with Gasteiger partial charge in [-0.2, -0.15) is 13.5 Å². The number of sulfonamides is 1. The highest BCUT2D eigenvalue weighted by Gasteiger charge is 2.34. The van der Waals surface area contributed by atoms with Gasteiger partial charge in [0.15, 0.2) is 5.03 Å². The number of benzene rings is 1. The Bertz CT molecular complexity index is 1110. The zero-order valence-electron chi connectivity index (χ0n) is 18.7. The van der Waals surface area contributed by atoms with Gasteiger partial charge in [0.1, 0.15) is 11.9 Å². The summed E-state index contributed by atoms with van der Waals surface area (Å²) in [6.07, 6.45) is -1.08. The van der Waals surface area contributed by atoms with Gasteiger partial charge in [0.05, 0.1) is 13.1 Å². The van der Waals surface area contributed by atoms with Crippen LogP contribution in [0.5, 0.6) is 0 Å². The third kappa shape index (κ3) is 4.77. The minimum Gasteiger partial charge on any atom is -0.331 e. The number of carbonyl (C=O) groups is 2. The van der Waals surface area contributed by atoms with Gasteiger partial charge in [-0.3, -0.25) is 9.48 Å². The second kappa shape index (κ2) is 8.89. The van der Waals surface area contributed by atoms with Crippen molar-refractivity contribution < 1.29 is 22.4 Å². The number of carbonyl (C=O) groups excluding carboxylic acids is 2. The molecule has 0 radical (unpaired) electrons. The first-order chi connectivity index (χ1) is 14.9. The molecule has 0 bridgehead atoms. The molecule has 2 aromatic rings. The summed E-state index contributed by atoms with van der Waals surface area (Å²) in [5, 5.41) is 6.06. The van der Waals surface area contributed by atoms with Crippen LogP contribution in [0.1, 0.15) is 61.1 Å². The van der Waals surface area contributed by atoms with Crippen molar-refractivity contribution in [1.82, 2.24) is 19.4 Å². The highest BCUT2D eigenvalue weighted by atomic mass is 32.2. The molecule has 174 valence electrons. The number of para-hydroxylation sites is 1. The van der Waals surface area contributed by atoms with E-state index < -0.39 is 33.2 Å². The second-order valence-corrected chi connectivity index (χ2v) is 10.1. The van der Waals surface area contributed by atoms with E-state index in [1.54, 1.807) is 0 Å². The predicted molar refractivity (Wildman–Crippen MR) is 118 cm³/mol. The molecular weight excluding hydrogens is 437 g/mol. The maximum atomic E-state index is 13.1. The van der Waals surface area contributed by atoms with Crippen molar-refractivity contribution in [2.45, 2.75) is 50.7 Å². The first kappa shape index (κ1) is 23.7. The van der Waals surface area contributed by atoms with Crippen molar-refractivity contribution in [1.29, 1.82) is 0 Å². The molecule has 0 unspecified atom stereocenters. The molecule has 1 aliphatic rings. The Morgan fingerprint density at radius 1 is 1.12 bits per heavy atom. The van der Waals surface area contributed by atoms with Crippen molar-refractivity contribution in [2.24, 2.45) is 7.05 Å². The van der Waals surface area contributed by atoms with E-state index in [1.807, 2.05) is 50.6 Å². The Kier molecular flexibility index (Phi) is 6.59. The van der Waals surface area contributed by atoms with Crippen LogP contribution in [0, 0.1) is 0 Å². The zero-order valence-corrected chi connectivity index (χ0v) is 19.5. The monoisotopic (exact) mass is 465 g/mol. The second-order valence-electron chi connectivity index (χ2n) is 8.48. The number of alkyl halides is 1. The number of halogens is 1. The molecule has 1 fully saturated rings. The Morgan fingerprint density at radius 2 is 1.69 bits per heavy atom. The van der Waals surface area contributed by atoms with E-state index in [0.29, 0.717) is 5.69 Å². The molecule has 9 nitrogen and oxygen atoms in total. The average Bonchev–Trinajstić information content (AvgIpc) is 3.07. The van der Waals surface area contributed by atoms with Crippen molar-refractivity contribution >= 4 is 27.6 Å². The van der Waals surface area contributed by atoms with Crippen LogP contribution in [0.3, 0.4) is 0 Å². The third-order valence-corrected chi connectivity index (χ3v) is 6.52. The summed E-state index contributed by atoms with van der Waals surface area (Å²) in [6.45, 7) is 7.84. The summed E-state index contributed by atoms with van der Waals surface area (Å²) in [7, 11) is -2.94. The van der Waals surface area contributed by atoms with Gasteiger partial charge in [-0.05, 0) is 23.0 Å². The lowest BCUT2D eigenvalue weighted by Crippen LogP contribution is -2.51. The third-order valence-electron chi connectivity index (χ3n) is 5.31. The van der Waals surface area contributed by atoms with Crippen LogP contribution in [-0.4, -0.2) is 54.3 Å². The van der Waals surface area contributed by atoms with E-state index in [0.717, 1.165) is 21.9 Å². The van der Waals surface area contributed by atoms with Crippen LogP contribution in [-0.2, 0) is 17.1 Å². The van der Waals surface area contributed by atoms with Gasteiger partial charge in [0.2, 0.25) is 0 Å². The summed E-state index contributed by atoms with van der Waals surface area (Å²) < 4.78 is 41.6. The number of aromatic nitrogens is 2. The van der Waals surface area contributed by atoms with Gasteiger partial charge in [0, 0.05) is 18.8 Å². The first-order valence-corrected chi connectivity index (χ1v) is 11.8. The number of aryl methyl sites for hydroxylation is 1. The van der Waals surface area contributed by atoms with Crippen molar-refractivity contribution in [3.8, 4) is 0 Å². The van der Waals surface area contributed by atoms with Crippen LogP contribution in [0.15, 0.2) is 29.3 Å². The fourth-order valence-electron chi connectivity index (χ4n) is 3.53. The number of rotatable bonds is 6. The molecule has 1 saturated heterocycles. The van der Waals surface area contributed by atoms with E-state index in [-0.39, 0.29) is 30.6 Å². The number of hydrogen-bond acceptors (Lipinski definition) is 5. The molecule has 32 heavy (non-hydrogen) atoms. The Balaban J connectivity index is 1.80. The molecule has 1 aromatic carbocycles. The quantitative estimate of drug-likeness (QED) is 0.681. The molecule has 2 N–H and O–H groups in total. The molecule has 1 aliphatic heterocycles. The summed E-state index contributed by atoms with van der Waals surface area (Å²) >= 11 is 0. The molecule has 3 rings (SSSR count). The summed E-state index contributed by atoms with van der Waals surface area (Å²) in [5.74, 6) is -0.307. The lowest BCUT2D eigenvalue weighted by atomic mass is 9.93. The number of nitrogens with zero attached hydrogens (tertiary/aromatic N) is 3. The van der Waals surface area contributed by atoms with E-state index in [9.17, 15) is 22.4 Å². The predicted octanol–water partition coefficient (Wildman–Crippen LogP) is 2.97. The number of nitrogens with one attached hydrogen (secondary N) is 2. The number of likely N-dealkylation sites (tertiary alicyclic amines) is 1. The maximum Gasteiger partial charge on any atom is 0.333 e. The van der Waals surface area contributed by atoms with Crippen LogP contribution >= 0.6 is 0 Å². The van der Waals surface area contributed by atoms with Gasteiger partial charge in [-0.15, -0.1) is 0 Å². The van der Waals surface area contributed by atoms with Crippen molar-refractivity contribution in [2.75, 3.05) is 18.4 Å². The van der Waals surface area contributed by atoms with Crippen LogP contribution in [0.25, 0.3) is 0 Å². The molecule has 1 aromatic heterocycles. The Hall–Kier alpha value is -2.95. The topological polar surface area (TPSA) is 113 Å². The van der Waals surface area contributed by atoms with Crippen molar-refractivity contribution in [3.05, 3.63) is 41.1 Å². The molecule has 0 spiro atoms. The normalized spacial score (nSPS) is 14.6. The minimum absolute atomic E-state index is 0.00932. The molecule has 0 saturated carbocycles. The summed E-state index contributed by atoms with van der Waals surface area (Å²) in [5.41, 5.74) is 2.33. The van der Waals surface area contributed by atoms with Crippen LogP contribution in [0.2, 0.25) is 0 Å². The van der Waals surface area contributed by atoms with Gasteiger partial charge >= 0.3 is 6.03 Å². The first-order valence-electron chi connectivity index (χ1n) is 10.3. The largest absolute Gasteiger partial charge is 0.333 e. The van der Waals surface area contributed by atoms with Crippen molar-refractivity contribution in [3.63, 3.8) is 0 Å². The van der Waals surface area contributed by atoms with Gasteiger partial charge in [-0.25, -0.2) is 13.9 Å². The van der Waals surface area contributed by atoms with E-state index >= 15 is 0 Å². The lowest BCUT2D eigenvalue weighted by Gasteiger charge is -2.34. The Morgan fingerprint density at radius 3 is 2.19 bits per heavy atom. The number of hydrogen-bond donors (Lipinski definition) is 2. The highest BCUT2D eigenvalue weighted by molar-refractivity contribution is 7.90. The van der Waals surface area contributed by atoms with E-state index in [2.05, 4.69) is 10.4 Å². The smallest absolute Gasteiger partial charge is 0.331 e. The van der Waals surface area contributed by atoms with E-state index in [4.69, 9.17) is 0 Å². The fraction of sp³-hybridized carbons (Fsp3) is 0.476. The molecule has 0 aliphatic carbocycles. The molecule has 0 atom stereocenters. The van der Waals surface area contributed by atoms with Gasteiger partial charge < -0.3 is 10.2 Å². The average molecular weight is 466 g/mol. The van der Waals surface area contributed by atoms with Gasteiger partial charge in [-0.1, -0.05) is 45.9 Å². The summed E-state index contributed by atoms with van der Waals surface area (Å²) in [6, 6.07) is 5.82. The fourth-order valence-corrected chi connectivity index (χ4v) is 4.43. The van der Waals surface area contributed by atoms with Crippen LogP contribution < -0.4 is 10.0 Å². The van der Waals surface area contributed by atoms with Crippen LogP contribution in [0.4, 0.5) is 14.9 Å². The maximum absolute atomic E-state index is 13.1. The number of urea groups is 1. The standard InChI is InChI=1S/C21H28FN5O4S/c1-12(2)15-7-6-8-16(13(3)4)19(15)23-21(29)25-32(30,31)18-9-17(26(5)24-18)20(28)27-10-14(22)11-27/h6-9,12-14H,10-11H2,1-5H3,(H2,23,25,29). The molecule has 11 heteroatoms. The number of anilines is 1.